The van der Waals surface area contributed by atoms with Crippen molar-refractivity contribution in [3.05, 3.63) is 58.4 Å². The molecule has 0 bridgehead atoms. The van der Waals surface area contributed by atoms with Crippen molar-refractivity contribution in [3.8, 4) is 11.3 Å². The third-order valence-electron chi connectivity index (χ3n) is 2.48. The van der Waals surface area contributed by atoms with E-state index in [1.807, 2.05) is 28.8 Å². The molecule has 0 atom stereocenters. The summed E-state index contributed by atoms with van der Waals surface area (Å²) in [6.07, 6.45) is 4.07. The van der Waals surface area contributed by atoms with E-state index in [1.54, 1.807) is 0 Å². The van der Waals surface area contributed by atoms with Crippen molar-refractivity contribution in [2.24, 2.45) is 0 Å². The molecule has 1 aromatic carbocycles. The van der Waals surface area contributed by atoms with Crippen molar-refractivity contribution in [2.75, 3.05) is 0 Å². The number of aromatic nitrogens is 2. The number of hydrogen-bond acceptors (Lipinski definition) is 1. The minimum atomic E-state index is 0.983. The van der Waals surface area contributed by atoms with Crippen LogP contribution in [0.25, 0.3) is 16.9 Å². The molecule has 0 unspecified atom stereocenters. The molecule has 0 aliphatic heterocycles. The fourth-order valence-electron chi connectivity index (χ4n) is 1.72. The predicted molar refractivity (Wildman–Crippen MR) is 73.3 cm³/mol. The zero-order valence-electron chi connectivity index (χ0n) is 8.47. The molecule has 0 radical (unpaired) electrons. The summed E-state index contributed by atoms with van der Waals surface area (Å²) in [5.74, 6) is 0. The van der Waals surface area contributed by atoms with Crippen molar-refractivity contribution in [3.63, 3.8) is 0 Å². The second kappa shape index (κ2) is 3.90. The van der Waals surface area contributed by atoms with E-state index < -0.39 is 0 Å². The van der Waals surface area contributed by atoms with Gasteiger partial charge >= 0.3 is 0 Å². The minimum Gasteiger partial charge on any atom is -0.306 e. The highest BCUT2D eigenvalue weighted by atomic mass is 127. The Kier molecular flexibility index (Phi) is 2.40. The Bertz CT molecular complexity index is 610. The quantitative estimate of drug-likeness (QED) is 0.626. The van der Waals surface area contributed by atoms with Gasteiger partial charge in [-0.25, -0.2) is 4.98 Å². The van der Waals surface area contributed by atoms with Crippen molar-refractivity contribution < 1.29 is 0 Å². The van der Waals surface area contributed by atoms with Gasteiger partial charge in [0, 0.05) is 21.5 Å². The van der Waals surface area contributed by atoms with E-state index in [0.717, 1.165) is 16.9 Å². The molecule has 0 saturated carbocycles. The number of fused-ring (bicyclic) bond motifs is 1. The molecule has 3 heteroatoms. The van der Waals surface area contributed by atoms with Crippen LogP contribution >= 0.6 is 22.6 Å². The largest absolute Gasteiger partial charge is 0.306 e. The molecule has 3 rings (SSSR count). The zero-order valence-corrected chi connectivity index (χ0v) is 10.6. The molecular weight excluding hydrogens is 311 g/mol. The fourth-order valence-corrected chi connectivity index (χ4v) is 2.26. The molecule has 2 aromatic heterocycles. The number of halogens is 1. The van der Waals surface area contributed by atoms with Gasteiger partial charge in [-0.1, -0.05) is 18.2 Å². The maximum Gasteiger partial charge on any atom is 0.137 e. The smallest absolute Gasteiger partial charge is 0.137 e. The molecule has 0 aliphatic carbocycles. The lowest BCUT2D eigenvalue weighted by Crippen LogP contribution is -1.77. The SMILES string of the molecule is Ic1cccc(-c2cn3ccccc3n2)c1. The van der Waals surface area contributed by atoms with Gasteiger partial charge in [0.1, 0.15) is 5.65 Å². The Morgan fingerprint density at radius 1 is 1.06 bits per heavy atom. The van der Waals surface area contributed by atoms with Crippen molar-refractivity contribution in [1.29, 1.82) is 0 Å². The number of pyridine rings is 1. The molecule has 2 heterocycles. The molecular formula is C13H9IN2. The third kappa shape index (κ3) is 1.71. The maximum absolute atomic E-state index is 4.58. The highest BCUT2D eigenvalue weighted by molar-refractivity contribution is 14.1. The first-order chi connectivity index (χ1) is 7.83. The Morgan fingerprint density at radius 3 is 2.81 bits per heavy atom. The average molecular weight is 320 g/mol. The van der Waals surface area contributed by atoms with Gasteiger partial charge in [-0.05, 0) is 46.9 Å². The van der Waals surface area contributed by atoms with Crippen molar-refractivity contribution >= 4 is 28.2 Å². The lowest BCUT2D eigenvalue weighted by Gasteiger charge is -1.95. The summed E-state index contributed by atoms with van der Waals surface area (Å²) in [6.45, 7) is 0. The summed E-state index contributed by atoms with van der Waals surface area (Å²) in [5, 5.41) is 0. The fraction of sp³-hybridized carbons (Fsp3) is 0. The van der Waals surface area contributed by atoms with Crippen molar-refractivity contribution in [2.45, 2.75) is 0 Å². The first-order valence-corrected chi connectivity index (χ1v) is 6.10. The van der Waals surface area contributed by atoms with Gasteiger partial charge in [-0.15, -0.1) is 0 Å². The van der Waals surface area contributed by atoms with E-state index in [4.69, 9.17) is 0 Å². The molecule has 0 saturated heterocycles. The highest BCUT2D eigenvalue weighted by Gasteiger charge is 2.03. The highest BCUT2D eigenvalue weighted by Crippen LogP contribution is 2.20. The van der Waals surface area contributed by atoms with Crippen LogP contribution in [-0.2, 0) is 0 Å². The monoisotopic (exact) mass is 320 g/mol. The van der Waals surface area contributed by atoms with Gasteiger partial charge in [0.15, 0.2) is 0 Å². The van der Waals surface area contributed by atoms with Crippen LogP contribution in [0.2, 0.25) is 0 Å². The van der Waals surface area contributed by atoms with Crippen LogP contribution in [0, 0.1) is 3.57 Å². The summed E-state index contributed by atoms with van der Waals surface area (Å²) in [4.78, 5) is 4.58. The van der Waals surface area contributed by atoms with Gasteiger partial charge < -0.3 is 4.40 Å². The summed E-state index contributed by atoms with van der Waals surface area (Å²) < 4.78 is 3.27. The van der Waals surface area contributed by atoms with Crippen LogP contribution in [0.5, 0.6) is 0 Å². The van der Waals surface area contributed by atoms with E-state index >= 15 is 0 Å². The van der Waals surface area contributed by atoms with Crippen LogP contribution in [0.1, 0.15) is 0 Å². The van der Waals surface area contributed by atoms with Crippen LogP contribution in [0.4, 0.5) is 0 Å². The van der Waals surface area contributed by atoms with Crippen LogP contribution in [-0.4, -0.2) is 9.38 Å². The van der Waals surface area contributed by atoms with E-state index in [9.17, 15) is 0 Å². The number of benzene rings is 1. The van der Waals surface area contributed by atoms with E-state index in [-0.39, 0.29) is 0 Å². The molecule has 0 aliphatic rings. The first kappa shape index (κ1) is 9.84. The van der Waals surface area contributed by atoms with E-state index in [0.29, 0.717) is 0 Å². The Morgan fingerprint density at radius 2 is 2.00 bits per heavy atom. The number of rotatable bonds is 1. The molecule has 78 valence electrons. The Balaban J connectivity index is 2.19. The molecule has 16 heavy (non-hydrogen) atoms. The van der Waals surface area contributed by atoms with E-state index in [1.165, 1.54) is 3.57 Å². The minimum absolute atomic E-state index is 0.983. The number of imidazole rings is 1. The van der Waals surface area contributed by atoms with Gasteiger partial charge in [-0.2, -0.15) is 0 Å². The second-order valence-corrected chi connectivity index (χ2v) is 4.85. The average Bonchev–Trinajstić information content (AvgIpc) is 2.72. The summed E-state index contributed by atoms with van der Waals surface area (Å²) >= 11 is 2.32. The standard InChI is InChI=1S/C13H9IN2/c14-11-5-3-4-10(8-11)12-9-16-7-2-1-6-13(16)15-12/h1-9H. The molecule has 0 spiro atoms. The second-order valence-electron chi connectivity index (χ2n) is 3.60. The number of nitrogens with zero attached hydrogens (tertiary/aromatic N) is 2. The van der Waals surface area contributed by atoms with Gasteiger partial charge in [-0.3, -0.25) is 0 Å². The van der Waals surface area contributed by atoms with Crippen LogP contribution in [0.3, 0.4) is 0 Å². The lowest BCUT2D eigenvalue weighted by atomic mass is 10.2. The topological polar surface area (TPSA) is 17.3 Å². The van der Waals surface area contributed by atoms with Gasteiger partial charge in [0.05, 0.1) is 5.69 Å². The first-order valence-electron chi connectivity index (χ1n) is 5.02. The Hall–Kier alpha value is -1.36. The van der Waals surface area contributed by atoms with Gasteiger partial charge in [0.2, 0.25) is 0 Å². The lowest BCUT2D eigenvalue weighted by molar-refractivity contribution is 1.19. The zero-order chi connectivity index (χ0) is 11.0. The Labute approximate surface area is 107 Å². The molecule has 0 N–H and O–H groups in total. The summed E-state index contributed by atoms with van der Waals surface area (Å²) in [7, 11) is 0. The maximum atomic E-state index is 4.58. The molecule has 0 amide bonds. The molecule has 3 aromatic rings. The van der Waals surface area contributed by atoms with E-state index in [2.05, 4.69) is 58.0 Å². The third-order valence-corrected chi connectivity index (χ3v) is 3.16. The summed E-state index contributed by atoms with van der Waals surface area (Å²) in [6, 6.07) is 14.4. The predicted octanol–water partition coefficient (Wildman–Crippen LogP) is 3.61. The summed E-state index contributed by atoms with van der Waals surface area (Å²) in [5.41, 5.74) is 3.16. The van der Waals surface area contributed by atoms with Crippen LogP contribution in [0.15, 0.2) is 54.9 Å². The van der Waals surface area contributed by atoms with Gasteiger partial charge in [0.25, 0.3) is 0 Å². The van der Waals surface area contributed by atoms with Crippen LogP contribution < -0.4 is 0 Å². The van der Waals surface area contributed by atoms with Crippen molar-refractivity contribution in [1.82, 2.24) is 9.38 Å². The number of hydrogen-bond donors (Lipinski definition) is 0. The molecule has 0 fully saturated rings. The molecule has 2 nitrogen and oxygen atoms in total. The normalized spacial score (nSPS) is 10.8.